The molecule has 2 rings (SSSR count). The fourth-order valence-electron chi connectivity index (χ4n) is 3.13. The maximum absolute atomic E-state index is 5.67. The number of benzene rings is 1. The van der Waals surface area contributed by atoms with Gasteiger partial charge in [-0.15, -0.1) is 0 Å². The van der Waals surface area contributed by atoms with Crippen LogP contribution in [0, 0.1) is 0 Å². The number of aromatic nitrogens is 2. The van der Waals surface area contributed by atoms with Crippen molar-refractivity contribution in [3.63, 3.8) is 0 Å². The lowest BCUT2D eigenvalue weighted by atomic mass is 10.1. The summed E-state index contributed by atoms with van der Waals surface area (Å²) in [4.78, 5) is 9.08. The maximum atomic E-state index is 5.67. The zero-order chi connectivity index (χ0) is 19.9. The number of nitrogens with zero attached hydrogens (tertiary/aromatic N) is 2. The molecule has 1 aromatic carbocycles. The first-order valence-corrected chi connectivity index (χ1v) is 11.1. The Labute approximate surface area is 171 Å². The molecule has 3 nitrogen and oxygen atoms in total. The van der Waals surface area contributed by atoms with E-state index in [9.17, 15) is 0 Å². The van der Waals surface area contributed by atoms with Gasteiger partial charge in [0.2, 0.25) is 0 Å². The summed E-state index contributed by atoms with van der Waals surface area (Å²) in [7, 11) is 0. The first kappa shape index (κ1) is 22.1. The van der Waals surface area contributed by atoms with Crippen molar-refractivity contribution >= 4 is 0 Å². The van der Waals surface area contributed by atoms with E-state index < -0.39 is 0 Å². The molecule has 0 saturated carbocycles. The Bertz CT molecular complexity index is 662. The molecule has 28 heavy (non-hydrogen) atoms. The van der Waals surface area contributed by atoms with E-state index >= 15 is 0 Å². The summed E-state index contributed by atoms with van der Waals surface area (Å²) in [5.41, 5.74) is 2.25. The predicted molar refractivity (Wildman–Crippen MR) is 118 cm³/mol. The fourth-order valence-corrected chi connectivity index (χ4v) is 3.13. The van der Waals surface area contributed by atoms with Crippen LogP contribution in [-0.4, -0.2) is 9.97 Å². The van der Waals surface area contributed by atoms with Crippen LogP contribution in [0.3, 0.4) is 0 Å². The molecule has 0 saturated heterocycles. The lowest BCUT2D eigenvalue weighted by molar-refractivity contribution is 0.477. The summed E-state index contributed by atoms with van der Waals surface area (Å²) in [6.07, 6.45) is 21.6. The fraction of sp³-hybridized carbons (Fsp3) is 0.520. The van der Waals surface area contributed by atoms with Crippen LogP contribution < -0.4 is 4.74 Å². The van der Waals surface area contributed by atoms with Gasteiger partial charge in [-0.3, -0.25) is 0 Å². The zero-order valence-electron chi connectivity index (χ0n) is 17.7. The molecule has 152 valence electrons. The largest absolute Gasteiger partial charge is 0.465 e. The number of allylic oxidation sites excluding steroid dienone is 1. The standard InChI is InChI=1S/C25H36N2O/c1-3-5-7-9-11-13-19-28-24-17-15-23(16-18-24)25-26-20-22(21-27-25)14-12-10-8-6-4-2/h13,15-21H,3-12,14H2,1-2H3/b19-13+. The van der Waals surface area contributed by atoms with E-state index in [-0.39, 0.29) is 0 Å². The molecule has 0 aliphatic carbocycles. The van der Waals surface area contributed by atoms with Gasteiger partial charge in [-0.2, -0.15) is 0 Å². The molecule has 2 aromatic rings. The van der Waals surface area contributed by atoms with Crippen molar-refractivity contribution in [1.82, 2.24) is 9.97 Å². The van der Waals surface area contributed by atoms with E-state index in [1.807, 2.05) is 36.7 Å². The third kappa shape index (κ3) is 8.69. The highest BCUT2D eigenvalue weighted by atomic mass is 16.5. The molecule has 0 amide bonds. The molecular weight excluding hydrogens is 344 g/mol. The van der Waals surface area contributed by atoms with E-state index in [0.717, 1.165) is 30.0 Å². The van der Waals surface area contributed by atoms with E-state index in [0.29, 0.717) is 0 Å². The van der Waals surface area contributed by atoms with Gasteiger partial charge in [-0.05, 0) is 61.6 Å². The SMILES string of the molecule is CCCCCC/C=C/Oc1ccc(-c2ncc(CCCCCCC)cn2)cc1. The second kappa shape index (κ2) is 13.9. The summed E-state index contributed by atoms with van der Waals surface area (Å²) in [6, 6.07) is 7.98. The van der Waals surface area contributed by atoms with Crippen LogP contribution in [0.2, 0.25) is 0 Å². The molecule has 1 heterocycles. The summed E-state index contributed by atoms with van der Waals surface area (Å²) in [5, 5.41) is 0. The van der Waals surface area contributed by atoms with Crippen LogP contribution in [0.25, 0.3) is 11.4 Å². The van der Waals surface area contributed by atoms with Crippen LogP contribution in [0.1, 0.15) is 83.6 Å². The second-order valence-electron chi connectivity index (χ2n) is 7.44. The Hall–Kier alpha value is -2.16. The molecular formula is C25H36N2O. The Morgan fingerprint density at radius 2 is 1.43 bits per heavy atom. The monoisotopic (exact) mass is 380 g/mol. The van der Waals surface area contributed by atoms with Crippen LogP contribution in [0.4, 0.5) is 0 Å². The highest BCUT2D eigenvalue weighted by molar-refractivity contribution is 5.55. The topological polar surface area (TPSA) is 35.0 Å². The molecule has 0 fully saturated rings. The normalized spacial score (nSPS) is 11.2. The van der Waals surface area contributed by atoms with Crippen molar-refractivity contribution in [2.75, 3.05) is 0 Å². The summed E-state index contributed by atoms with van der Waals surface area (Å²) in [6.45, 7) is 4.48. The average Bonchev–Trinajstić information content (AvgIpc) is 2.74. The third-order valence-electron chi connectivity index (χ3n) is 4.91. The zero-order valence-corrected chi connectivity index (χ0v) is 17.7. The molecule has 0 unspecified atom stereocenters. The van der Waals surface area contributed by atoms with Gasteiger partial charge >= 0.3 is 0 Å². The van der Waals surface area contributed by atoms with Crippen molar-refractivity contribution in [3.8, 4) is 17.1 Å². The number of unbranched alkanes of at least 4 members (excludes halogenated alkanes) is 8. The van der Waals surface area contributed by atoms with E-state index in [1.54, 1.807) is 6.26 Å². The van der Waals surface area contributed by atoms with Crippen LogP contribution >= 0.6 is 0 Å². The summed E-state index contributed by atoms with van der Waals surface area (Å²) < 4.78 is 5.67. The van der Waals surface area contributed by atoms with Gasteiger partial charge in [-0.25, -0.2) is 9.97 Å². The van der Waals surface area contributed by atoms with Crippen molar-refractivity contribution in [2.45, 2.75) is 84.5 Å². The first-order valence-electron chi connectivity index (χ1n) is 11.1. The Balaban J connectivity index is 1.75. The minimum atomic E-state index is 0.771. The van der Waals surface area contributed by atoms with Gasteiger partial charge in [-0.1, -0.05) is 58.8 Å². The average molecular weight is 381 g/mol. The molecule has 0 spiro atoms. The van der Waals surface area contributed by atoms with Crippen molar-refractivity contribution in [3.05, 3.63) is 54.6 Å². The minimum absolute atomic E-state index is 0.771. The molecule has 0 bridgehead atoms. The van der Waals surface area contributed by atoms with Gasteiger partial charge in [0, 0.05) is 18.0 Å². The van der Waals surface area contributed by atoms with Gasteiger partial charge in [0.05, 0.1) is 6.26 Å². The maximum Gasteiger partial charge on any atom is 0.159 e. The lowest BCUT2D eigenvalue weighted by Gasteiger charge is -2.05. The molecule has 3 heteroatoms. The highest BCUT2D eigenvalue weighted by Crippen LogP contribution is 2.20. The quantitative estimate of drug-likeness (QED) is 0.251. The second-order valence-corrected chi connectivity index (χ2v) is 7.44. The minimum Gasteiger partial charge on any atom is -0.465 e. The lowest BCUT2D eigenvalue weighted by Crippen LogP contribution is -1.93. The summed E-state index contributed by atoms with van der Waals surface area (Å²) in [5.74, 6) is 1.62. The number of aryl methyl sites for hydroxylation is 1. The summed E-state index contributed by atoms with van der Waals surface area (Å²) >= 11 is 0. The Morgan fingerprint density at radius 3 is 2.11 bits per heavy atom. The molecule has 0 aliphatic heterocycles. The molecule has 0 radical (unpaired) electrons. The van der Waals surface area contributed by atoms with Crippen LogP contribution in [0.15, 0.2) is 49.0 Å². The molecule has 0 atom stereocenters. The number of hydrogen-bond acceptors (Lipinski definition) is 3. The third-order valence-corrected chi connectivity index (χ3v) is 4.91. The predicted octanol–water partition coefficient (Wildman–Crippen LogP) is 7.52. The Morgan fingerprint density at radius 1 is 0.786 bits per heavy atom. The van der Waals surface area contributed by atoms with E-state index in [1.165, 1.54) is 63.4 Å². The van der Waals surface area contributed by atoms with Gasteiger partial charge in [0.15, 0.2) is 5.82 Å². The highest BCUT2D eigenvalue weighted by Gasteiger charge is 2.02. The number of rotatable bonds is 14. The van der Waals surface area contributed by atoms with Gasteiger partial charge in [0.1, 0.15) is 5.75 Å². The molecule has 0 aliphatic rings. The Kier molecular flexibility index (Phi) is 11.0. The van der Waals surface area contributed by atoms with Crippen molar-refractivity contribution < 1.29 is 4.74 Å². The van der Waals surface area contributed by atoms with E-state index in [2.05, 4.69) is 29.9 Å². The van der Waals surface area contributed by atoms with Gasteiger partial charge in [0.25, 0.3) is 0 Å². The smallest absolute Gasteiger partial charge is 0.159 e. The number of ether oxygens (including phenoxy) is 1. The molecule has 0 N–H and O–H groups in total. The van der Waals surface area contributed by atoms with Crippen LogP contribution in [-0.2, 0) is 6.42 Å². The molecule has 1 aromatic heterocycles. The van der Waals surface area contributed by atoms with Gasteiger partial charge < -0.3 is 4.74 Å². The van der Waals surface area contributed by atoms with Crippen molar-refractivity contribution in [2.24, 2.45) is 0 Å². The first-order chi connectivity index (χ1) is 13.8. The van der Waals surface area contributed by atoms with Crippen LogP contribution in [0.5, 0.6) is 5.75 Å². The van der Waals surface area contributed by atoms with E-state index in [4.69, 9.17) is 4.74 Å². The van der Waals surface area contributed by atoms with Crippen molar-refractivity contribution in [1.29, 1.82) is 0 Å². The number of hydrogen-bond donors (Lipinski definition) is 0.